The number of carboxylic acid groups (broad SMARTS) is 1. The van der Waals surface area contributed by atoms with Gasteiger partial charge in [0.25, 0.3) is 0 Å². The van der Waals surface area contributed by atoms with Gasteiger partial charge in [0.1, 0.15) is 6.04 Å². The van der Waals surface area contributed by atoms with E-state index in [4.69, 9.17) is 5.11 Å². The normalized spacial score (nSPS) is 18.2. The highest BCUT2D eigenvalue weighted by molar-refractivity contribution is 5.85. The average Bonchev–Trinajstić information content (AvgIpc) is 2.35. The summed E-state index contributed by atoms with van der Waals surface area (Å²) in [4.78, 5) is 35.5. The number of nitrogens with one attached hydrogen (secondary N) is 1. The van der Waals surface area contributed by atoms with Gasteiger partial charge in [0.15, 0.2) is 0 Å². The molecule has 18 heavy (non-hydrogen) atoms. The van der Waals surface area contributed by atoms with E-state index in [1.807, 2.05) is 0 Å². The zero-order chi connectivity index (χ0) is 13.7. The number of hydrogen-bond donors (Lipinski definition) is 2. The number of carbonyl (C=O) groups excluding carboxylic acids is 2. The van der Waals surface area contributed by atoms with E-state index < -0.39 is 12.0 Å². The minimum absolute atomic E-state index is 0.0193. The van der Waals surface area contributed by atoms with Crippen molar-refractivity contribution >= 4 is 17.8 Å². The van der Waals surface area contributed by atoms with E-state index in [0.29, 0.717) is 32.4 Å². The van der Waals surface area contributed by atoms with Crippen LogP contribution in [0.4, 0.5) is 0 Å². The molecule has 1 heterocycles. The number of piperidine rings is 1. The molecule has 0 aliphatic carbocycles. The van der Waals surface area contributed by atoms with Crippen LogP contribution in [0.5, 0.6) is 0 Å². The van der Waals surface area contributed by atoms with Crippen LogP contribution in [-0.4, -0.2) is 46.9 Å². The fraction of sp³-hybridized carbons (Fsp3) is 0.750. The summed E-state index contributed by atoms with van der Waals surface area (Å²) < 4.78 is 0. The van der Waals surface area contributed by atoms with Crippen molar-refractivity contribution in [3.05, 3.63) is 0 Å². The van der Waals surface area contributed by atoms with E-state index in [0.717, 1.165) is 0 Å². The minimum atomic E-state index is -1.01. The Morgan fingerprint density at radius 1 is 1.33 bits per heavy atom. The second-order valence-corrected chi connectivity index (χ2v) is 4.59. The largest absolute Gasteiger partial charge is 0.480 e. The smallest absolute Gasteiger partial charge is 0.326 e. The lowest BCUT2D eigenvalue weighted by molar-refractivity contribution is -0.143. The molecule has 2 amide bonds. The number of likely N-dealkylation sites (tertiary alicyclic amines) is 1. The van der Waals surface area contributed by atoms with Gasteiger partial charge in [-0.05, 0) is 19.3 Å². The molecule has 1 rings (SSSR count). The van der Waals surface area contributed by atoms with E-state index in [-0.39, 0.29) is 17.7 Å². The van der Waals surface area contributed by atoms with Crippen LogP contribution >= 0.6 is 0 Å². The molecule has 0 unspecified atom stereocenters. The standard InChI is InChI=1S/C12H20N2O4/c1-3-10(12(17)18)13-11(16)9-4-6-14(7-5-9)8(2)15/h9-10H,3-7H2,1-2H3,(H,13,16)(H,17,18)/t10-/m1/s1. The molecular weight excluding hydrogens is 236 g/mol. The number of amides is 2. The van der Waals surface area contributed by atoms with Gasteiger partial charge in [-0.3, -0.25) is 9.59 Å². The van der Waals surface area contributed by atoms with Crippen LogP contribution < -0.4 is 5.32 Å². The van der Waals surface area contributed by atoms with Gasteiger partial charge in [-0.15, -0.1) is 0 Å². The van der Waals surface area contributed by atoms with Gasteiger partial charge in [0.05, 0.1) is 0 Å². The van der Waals surface area contributed by atoms with Crippen molar-refractivity contribution in [2.24, 2.45) is 5.92 Å². The summed E-state index contributed by atoms with van der Waals surface area (Å²) in [5.74, 6) is -1.39. The van der Waals surface area contributed by atoms with Crippen molar-refractivity contribution in [1.29, 1.82) is 0 Å². The lowest BCUT2D eigenvalue weighted by Gasteiger charge is -2.31. The number of aliphatic carboxylic acids is 1. The number of nitrogens with zero attached hydrogens (tertiary/aromatic N) is 1. The van der Waals surface area contributed by atoms with E-state index in [1.54, 1.807) is 11.8 Å². The first kappa shape index (κ1) is 14.5. The molecule has 0 aromatic heterocycles. The van der Waals surface area contributed by atoms with Crippen molar-refractivity contribution in [2.75, 3.05) is 13.1 Å². The zero-order valence-corrected chi connectivity index (χ0v) is 10.8. The summed E-state index contributed by atoms with van der Waals surface area (Å²) >= 11 is 0. The maximum atomic E-state index is 11.9. The topological polar surface area (TPSA) is 86.7 Å². The molecule has 6 nitrogen and oxygen atoms in total. The predicted octanol–water partition coefficient (Wildman–Crippen LogP) is 0.224. The Morgan fingerprint density at radius 3 is 2.28 bits per heavy atom. The Morgan fingerprint density at radius 2 is 1.89 bits per heavy atom. The minimum Gasteiger partial charge on any atom is -0.480 e. The molecule has 1 saturated heterocycles. The van der Waals surface area contributed by atoms with Crippen LogP contribution in [0.2, 0.25) is 0 Å². The maximum Gasteiger partial charge on any atom is 0.326 e. The Balaban J connectivity index is 2.45. The lowest BCUT2D eigenvalue weighted by Crippen LogP contribution is -2.47. The summed E-state index contributed by atoms with van der Waals surface area (Å²) in [6.07, 6.45) is 1.57. The quantitative estimate of drug-likeness (QED) is 0.753. The van der Waals surface area contributed by atoms with Crippen molar-refractivity contribution < 1.29 is 19.5 Å². The Kier molecular flexibility index (Phi) is 5.12. The summed E-state index contributed by atoms with van der Waals surface area (Å²) in [5, 5.41) is 11.4. The summed E-state index contributed by atoms with van der Waals surface area (Å²) in [7, 11) is 0. The first-order valence-corrected chi connectivity index (χ1v) is 6.24. The molecule has 1 fully saturated rings. The number of carboxylic acids is 1. The molecule has 1 aliphatic heterocycles. The van der Waals surface area contributed by atoms with Gasteiger partial charge in [-0.1, -0.05) is 6.92 Å². The number of rotatable bonds is 4. The molecule has 1 atom stereocenters. The molecule has 0 aromatic rings. The SMILES string of the molecule is CC[C@@H](NC(=O)C1CCN(C(C)=O)CC1)C(=O)O. The van der Waals surface area contributed by atoms with Crippen LogP contribution in [0.3, 0.4) is 0 Å². The summed E-state index contributed by atoms with van der Waals surface area (Å²) in [5.41, 5.74) is 0. The van der Waals surface area contributed by atoms with Crippen LogP contribution in [0.25, 0.3) is 0 Å². The number of hydrogen-bond acceptors (Lipinski definition) is 3. The molecule has 102 valence electrons. The third-order valence-electron chi connectivity index (χ3n) is 3.33. The van der Waals surface area contributed by atoms with E-state index in [1.165, 1.54) is 6.92 Å². The Hall–Kier alpha value is -1.59. The predicted molar refractivity (Wildman–Crippen MR) is 64.8 cm³/mol. The highest BCUT2D eigenvalue weighted by atomic mass is 16.4. The Labute approximate surface area is 106 Å². The molecule has 0 aromatic carbocycles. The summed E-state index contributed by atoms with van der Waals surface area (Å²) in [6, 6.07) is -0.816. The molecule has 2 N–H and O–H groups in total. The fourth-order valence-electron chi connectivity index (χ4n) is 2.08. The molecule has 0 bridgehead atoms. The van der Waals surface area contributed by atoms with Gasteiger partial charge >= 0.3 is 5.97 Å². The van der Waals surface area contributed by atoms with Gasteiger partial charge in [0.2, 0.25) is 11.8 Å². The Bertz CT molecular complexity index is 335. The van der Waals surface area contributed by atoms with Crippen LogP contribution in [0.15, 0.2) is 0 Å². The van der Waals surface area contributed by atoms with Gasteiger partial charge in [-0.2, -0.15) is 0 Å². The van der Waals surface area contributed by atoms with Gasteiger partial charge < -0.3 is 15.3 Å². The third-order valence-corrected chi connectivity index (χ3v) is 3.33. The number of carbonyl (C=O) groups is 3. The monoisotopic (exact) mass is 256 g/mol. The molecule has 0 saturated carbocycles. The first-order valence-electron chi connectivity index (χ1n) is 6.24. The molecule has 1 aliphatic rings. The van der Waals surface area contributed by atoms with Crippen molar-refractivity contribution in [2.45, 2.75) is 39.2 Å². The average molecular weight is 256 g/mol. The van der Waals surface area contributed by atoms with Crippen LogP contribution in [0, 0.1) is 5.92 Å². The summed E-state index contributed by atoms with van der Waals surface area (Å²) in [6.45, 7) is 4.37. The van der Waals surface area contributed by atoms with Crippen molar-refractivity contribution in [3.63, 3.8) is 0 Å². The van der Waals surface area contributed by atoms with Gasteiger partial charge in [0, 0.05) is 25.9 Å². The molecular formula is C12H20N2O4. The first-order chi connectivity index (χ1) is 8.45. The fourth-order valence-corrected chi connectivity index (χ4v) is 2.08. The van der Waals surface area contributed by atoms with Crippen LogP contribution in [-0.2, 0) is 14.4 Å². The second-order valence-electron chi connectivity index (χ2n) is 4.59. The highest BCUT2D eigenvalue weighted by Crippen LogP contribution is 2.17. The van der Waals surface area contributed by atoms with Crippen molar-refractivity contribution in [3.8, 4) is 0 Å². The zero-order valence-electron chi connectivity index (χ0n) is 10.8. The van der Waals surface area contributed by atoms with E-state index in [9.17, 15) is 14.4 Å². The van der Waals surface area contributed by atoms with Gasteiger partial charge in [-0.25, -0.2) is 4.79 Å². The molecule has 0 spiro atoms. The highest BCUT2D eigenvalue weighted by Gasteiger charge is 2.28. The molecule has 0 radical (unpaired) electrons. The van der Waals surface area contributed by atoms with Crippen molar-refractivity contribution in [1.82, 2.24) is 10.2 Å². The van der Waals surface area contributed by atoms with Crippen LogP contribution in [0.1, 0.15) is 33.1 Å². The second kappa shape index (κ2) is 6.37. The molecule has 6 heteroatoms. The van der Waals surface area contributed by atoms with E-state index >= 15 is 0 Å². The lowest BCUT2D eigenvalue weighted by atomic mass is 9.95. The third kappa shape index (κ3) is 3.72. The maximum absolute atomic E-state index is 11.9. The van der Waals surface area contributed by atoms with E-state index in [2.05, 4.69) is 5.32 Å².